The number of thioether (sulfide) groups is 1. The van der Waals surface area contributed by atoms with Crippen LogP contribution in [0.25, 0.3) is 16.3 Å². The Morgan fingerprint density at radius 3 is 2.89 bits per heavy atom. The van der Waals surface area contributed by atoms with Crippen LogP contribution in [-0.4, -0.2) is 39.4 Å². The third-order valence-electron chi connectivity index (χ3n) is 4.43. The summed E-state index contributed by atoms with van der Waals surface area (Å²) in [5, 5.41) is 3.70. The van der Waals surface area contributed by atoms with Crippen molar-refractivity contribution >= 4 is 56.9 Å². The molecule has 1 aromatic heterocycles. The Hall–Kier alpha value is -2.64. The second-order valence-corrected chi connectivity index (χ2v) is 8.60. The number of para-hydroxylation sites is 1. The first-order valence-electron chi connectivity index (χ1n) is 8.90. The third-order valence-corrected chi connectivity index (χ3v) is 6.45. The highest BCUT2D eigenvalue weighted by Gasteiger charge is 2.33. The first-order chi connectivity index (χ1) is 13.6. The lowest BCUT2D eigenvalue weighted by molar-refractivity contribution is -0.132. The Bertz CT molecular complexity index is 1030. The second kappa shape index (κ2) is 8.16. The van der Waals surface area contributed by atoms with Gasteiger partial charge in [0.25, 0.3) is 0 Å². The van der Waals surface area contributed by atoms with Crippen molar-refractivity contribution in [2.24, 2.45) is 0 Å². The van der Waals surface area contributed by atoms with Crippen molar-refractivity contribution in [1.29, 1.82) is 0 Å². The van der Waals surface area contributed by atoms with Crippen molar-refractivity contribution in [3.63, 3.8) is 0 Å². The van der Waals surface area contributed by atoms with Crippen LogP contribution in [0.5, 0.6) is 0 Å². The summed E-state index contributed by atoms with van der Waals surface area (Å²) in [5.41, 5.74) is 2.75. The average Bonchev–Trinajstić information content (AvgIpc) is 3.33. The fourth-order valence-electron chi connectivity index (χ4n) is 3.03. The summed E-state index contributed by atoms with van der Waals surface area (Å²) >= 11 is 3.12. The van der Waals surface area contributed by atoms with Gasteiger partial charge < -0.3 is 10.2 Å². The molecule has 0 bridgehead atoms. The molecule has 5 nitrogen and oxygen atoms in total. The Labute approximate surface area is 171 Å². The van der Waals surface area contributed by atoms with Crippen molar-refractivity contribution in [3.05, 3.63) is 65.2 Å². The van der Waals surface area contributed by atoms with Crippen LogP contribution in [0.3, 0.4) is 0 Å². The predicted molar refractivity (Wildman–Crippen MR) is 116 cm³/mol. The highest BCUT2D eigenvalue weighted by atomic mass is 32.2. The van der Waals surface area contributed by atoms with E-state index in [1.807, 2.05) is 55.5 Å². The van der Waals surface area contributed by atoms with Crippen molar-refractivity contribution < 1.29 is 9.59 Å². The number of amides is 2. The van der Waals surface area contributed by atoms with E-state index in [0.717, 1.165) is 26.5 Å². The molecular formula is C21H19N3O2S2. The highest BCUT2D eigenvalue weighted by molar-refractivity contribution is 7.99. The van der Waals surface area contributed by atoms with E-state index in [9.17, 15) is 9.59 Å². The molecule has 0 aliphatic carbocycles. The van der Waals surface area contributed by atoms with E-state index < -0.39 is 6.04 Å². The number of carbonyl (C=O) groups excluding carboxylic acids is 2. The monoisotopic (exact) mass is 409 g/mol. The first-order valence-corrected chi connectivity index (χ1v) is 10.9. The van der Waals surface area contributed by atoms with Gasteiger partial charge in [-0.3, -0.25) is 9.59 Å². The molecule has 1 saturated heterocycles. The molecule has 142 valence electrons. The van der Waals surface area contributed by atoms with Gasteiger partial charge >= 0.3 is 0 Å². The fourth-order valence-corrected chi connectivity index (χ4v) is 5.06. The topological polar surface area (TPSA) is 62.3 Å². The van der Waals surface area contributed by atoms with Gasteiger partial charge in [-0.25, -0.2) is 4.98 Å². The number of thiazole rings is 1. The van der Waals surface area contributed by atoms with Gasteiger partial charge in [-0.1, -0.05) is 24.3 Å². The van der Waals surface area contributed by atoms with Crippen LogP contribution in [0.1, 0.15) is 10.6 Å². The lowest BCUT2D eigenvalue weighted by atomic mass is 10.2. The summed E-state index contributed by atoms with van der Waals surface area (Å²) in [6.45, 7) is 1.98. The molecule has 1 unspecified atom stereocenters. The molecular weight excluding hydrogens is 390 g/mol. The van der Waals surface area contributed by atoms with Gasteiger partial charge in [0.15, 0.2) is 0 Å². The zero-order valence-corrected chi connectivity index (χ0v) is 16.9. The largest absolute Gasteiger partial charge is 0.324 e. The maximum absolute atomic E-state index is 12.7. The smallest absolute Gasteiger partial charge is 0.248 e. The highest BCUT2D eigenvalue weighted by Crippen LogP contribution is 2.25. The summed E-state index contributed by atoms with van der Waals surface area (Å²) in [6, 6.07) is 15.0. The standard InChI is InChI=1S/C21H19N3O2S2/c1-14-5-4-6-15(11-14)22-21(26)17-12-27-13-24(17)20(25)10-9-19-23-16-7-2-3-8-18(16)28-19/h2-11,17H,12-13H2,1H3,(H,22,26)/b10-9+. The van der Waals surface area contributed by atoms with E-state index >= 15 is 0 Å². The SMILES string of the molecule is Cc1cccc(NC(=O)C2CSCN2C(=O)/C=C/c2nc3ccccc3s2)c1. The number of benzene rings is 2. The quantitative estimate of drug-likeness (QED) is 0.658. The minimum absolute atomic E-state index is 0.155. The molecule has 2 amide bonds. The van der Waals surface area contributed by atoms with E-state index in [1.165, 1.54) is 17.4 Å². The number of hydrogen-bond acceptors (Lipinski definition) is 5. The van der Waals surface area contributed by atoms with Crippen molar-refractivity contribution in [2.75, 3.05) is 16.9 Å². The maximum Gasteiger partial charge on any atom is 0.248 e. The van der Waals surface area contributed by atoms with Crippen LogP contribution in [0, 0.1) is 6.92 Å². The third kappa shape index (κ3) is 4.10. The van der Waals surface area contributed by atoms with Gasteiger partial charge in [-0.2, -0.15) is 0 Å². The molecule has 1 fully saturated rings. The van der Waals surface area contributed by atoms with Crippen LogP contribution < -0.4 is 5.32 Å². The predicted octanol–water partition coefficient (Wildman–Crippen LogP) is 4.16. The number of anilines is 1. The van der Waals surface area contributed by atoms with Crippen LogP contribution in [0.2, 0.25) is 0 Å². The number of aryl methyl sites for hydroxylation is 1. The first kappa shape index (κ1) is 18.7. The number of nitrogens with zero attached hydrogens (tertiary/aromatic N) is 2. The zero-order chi connectivity index (χ0) is 19.5. The molecule has 7 heteroatoms. The molecule has 4 rings (SSSR count). The summed E-state index contributed by atoms with van der Waals surface area (Å²) in [5.74, 6) is 0.777. The summed E-state index contributed by atoms with van der Waals surface area (Å²) in [4.78, 5) is 31.5. The van der Waals surface area contributed by atoms with E-state index in [4.69, 9.17) is 0 Å². The molecule has 1 N–H and O–H groups in total. The number of nitrogens with one attached hydrogen (secondary N) is 1. The summed E-state index contributed by atoms with van der Waals surface area (Å²) in [6.07, 6.45) is 3.24. The van der Waals surface area contributed by atoms with Gasteiger partial charge in [0.2, 0.25) is 11.8 Å². The van der Waals surface area contributed by atoms with Crippen LogP contribution in [-0.2, 0) is 9.59 Å². The number of fused-ring (bicyclic) bond motifs is 1. The second-order valence-electron chi connectivity index (χ2n) is 6.54. The summed E-state index contributed by atoms with van der Waals surface area (Å²) < 4.78 is 1.08. The van der Waals surface area contributed by atoms with Crippen LogP contribution >= 0.6 is 23.1 Å². The normalized spacial score (nSPS) is 16.8. The zero-order valence-electron chi connectivity index (χ0n) is 15.3. The van der Waals surface area contributed by atoms with E-state index in [0.29, 0.717) is 11.6 Å². The number of carbonyl (C=O) groups is 2. The number of aromatic nitrogens is 1. The van der Waals surface area contributed by atoms with Crippen molar-refractivity contribution in [2.45, 2.75) is 13.0 Å². The minimum atomic E-state index is -0.474. The average molecular weight is 410 g/mol. The molecule has 0 radical (unpaired) electrons. The van der Waals surface area contributed by atoms with Gasteiger partial charge in [0, 0.05) is 17.5 Å². The van der Waals surface area contributed by atoms with Gasteiger partial charge in [0.05, 0.1) is 16.1 Å². The summed E-state index contributed by atoms with van der Waals surface area (Å²) in [7, 11) is 0. The lowest BCUT2D eigenvalue weighted by Gasteiger charge is -2.21. The molecule has 3 aromatic rings. The molecule has 2 aromatic carbocycles. The number of hydrogen-bond donors (Lipinski definition) is 1. The van der Waals surface area contributed by atoms with Crippen LogP contribution in [0.15, 0.2) is 54.6 Å². The van der Waals surface area contributed by atoms with Gasteiger partial charge in [-0.05, 0) is 42.8 Å². The molecule has 28 heavy (non-hydrogen) atoms. The molecule has 0 spiro atoms. The lowest BCUT2D eigenvalue weighted by Crippen LogP contribution is -2.43. The maximum atomic E-state index is 12.7. The van der Waals surface area contributed by atoms with E-state index in [2.05, 4.69) is 10.3 Å². The van der Waals surface area contributed by atoms with Crippen molar-refractivity contribution in [3.8, 4) is 0 Å². The molecule has 1 atom stereocenters. The Morgan fingerprint density at radius 2 is 2.07 bits per heavy atom. The van der Waals surface area contributed by atoms with Crippen LogP contribution in [0.4, 0.5) is 5.69 Å². The van der Waals surface area contributed by atoms with Crippen molar-refractivity contribution in [1.82, 2.24) is 9.88 Å². The molecule has 2 heterocycles. The Kier molecular flexibility index (Phi) is 5.45. The fraction of sp³-hybridized carbons (Fsp3) is 0.190. The van der Waals surface area contributed by atoms with E-state index in [-0.39, 0.29) is 11.8 Å². The number of rotatable bonds is 4. The molecule has 0 saturated carbocycles. The molecule has 1 aliphatic heterocycles. The minimum Gasteiger partial charge on any atom is -0.324 e. The Morgan fingerprint density at radius 1 is 1.21 bits per heavy atom. The van der Waals surface area contributed by atoms with Gasteiger partial charge in [0.1, 0.15) is 11.0 Å². The molecule has 1 aliphatic rings. The Balaban J connectivity index is 1.44. The van der Waals surface area contributed by atoms with Gasteiger partial charge in [-0.15, -0.1) is 23.1 Å². The van der Waals surface area contributed by atoms with E-state index in [1.54, 1.807) is 22.7 Å².